The Morgan fingerprint density at radius 3 is 2.09 bits per heavy atom. The molecule has 0 bridgehead atoms. The monoisotopic (exact) mass is 312 g/mol. The van der Waals surface area contributed by atoms with Gasteiger partial charge in [-0.2, -0.15) is 0 Å². The molecule has 0 aromatic rings. The van der Waals surface area contributed by atoms with E-state index in [2.05, 4.69) is 19.6 Å². The second-order valence-electron chi connectivity index (χ2n) is 6.23. The van der Waals surface area contributed by atoms with Crippen molar-refractivity contribution in [2.45, 2.75) is 96.2 Å². The van der Waals surface area contributed by atoms with Crippen molar-refractivity contribution >= 4 is 0 Å². The lowest BCUT2D eigenvalue weighted by Crippen LogP contribution is -2.12. The zero-order valence-corrected chi connectivity index (χ0v) is 14.3. The van der Waals surface area contributed by atoms with E-state index in [1.54, 1.807) is 0 Å². The van der Waals surface area contributed by atoms with Crippen LogP contribution in [0.4, 0.5) is 0 Å². The molecule has 2 unspecified atom stereocenters. The van der Waals surface area contributed by atoms with Crippen LogP contribution in [0.3, 0.4) is 0 Å². The van der Waals surface area contributed by atoms with E-state index in [-0.39, 0.29) is 18.0 Å². The van der Waals surface area contributed by atoms with Gasteiger partial charge in [0.1, 0.15) is 0 Å². The number of allylic oxidation sites excluding steroid dienone is 2. The van der Waals surface area contributed by atoms with Crippen LogP contribution in [0.15, 0.2) is 24.5 Å². The minimum absolute atomic E-state index is 0.275. The molecule has 0 aromatic heterocycles. The molecule has 0 aliphatic carbocycles. The SMILES string of the molecule is C=C(O)CCCCCCCCC(O)CCC(O)C/C=C\CC. The van der Waals surface area contributed by atoms with Gasteiger partial charge in [-0.1, -0.05) is 57.8 Å². The lowest BCUT2D eigenvalue weighted by atomic mass is 10.0. The standard InChI is InChI=1S/C19H36O3/c1-3-4-9-13-18(21)15-16-19(22)14-11-8-6-5-7-10-12-17(2)20/h4,9,18-22H,2-3,5-8,10-16H2,1H3/b9-4-. The molecule has 3 N–H and O–H groups in total. The second-order valence-corrected chi connectivity index (χ2v) is 6.23. The molecule has 0 saturated carbocycles. The molecule has 3 heteroatoms. The molecule has 0 radical (unpaired) electrons. The summed E-state index contributed by atoms with van der Waals surface area (Å²) in [6.45, 7) is 5.56. The van der Waals surface area contributed by atoms with Gasteiger partial charge in [0.05, 0.1) is 18.0 Å². The third-order valence-electron chi connectivity index (χ3n) is 3.90. The maximum atomic E-state index is 9.90. The topological polar surface area (TPSA) is 60.7 Å². The third-order valence-corrected chi connectivity index (χ3v) is 3.90. The molecule has 0 rings (SSSR count). The van der Waals surface area contributed by atoms with Gasteiger partial charge in [0.15, 0.2) is 0 Å². The normalized spacial score (nSPS) is 14.3. The van der Waals surface area contributed by atoms with Gasteiger partial charge < -0.3 is 15.3 Å². The minimum atomic E-state index is -0.321. The Kier molecular flexibility index (Phi) is 14.6. The fraction of sp³-hybridized carbons (Fsp3) is 0.789. The molecule has 0 aliphatic rings. The molecule has 0 heterocycles. The molecule has 0 aliphatic heterocycles. The number of hydrogen-bond donors (Lipinski definition) is 3. The molecule has 0 fully saturated rings. The number of aliphatic hydroxyl groups excluding tert-OH is 3. The van der Waals surface area contributed by atoms with Crippen molar-refractivity contribution in [3.05, 3.63) is 24.5 Å². The van der Waals surface area contributed by atoms with E-state index < -0.39 is 0 Å². The smallest absolute Gasteiger partial charge is 0.0851 e. The first-order chi connectivity index (χ1) is 10.6. The maximum absolute atomic E-state index is 9.90. The van der Waals surface area contributed by atoms with Crippen LogP contribution in [0.1, 0.15) is 84.0 Å². The van der Waals surface area contributed by atoms with Crippen LogP contribution in [0.25, 0.3) is 0 Å². The highest BCUT2D eigenvalue weighted by atomic mass is 16.3. The Morgan fingerprint density at radius 2 is 1.45 bits per heavy atom. The fourth-order valence-electron chi connectivity index (χ4n) is 2.48. The summed E-state index contributed by atoms with van der Waals surface area (Å²) in [4.78, 5) is 0. The number of hydrogen-bond acceptors (Lipinski definition) is 3. The van der Waals surface area contributed by atoms with Gasteiger partial charge in [-0.15, -0.1) is 0 Å². The Hall–Kier alpha value is -0.800. The Labute approximate surface area is 136 Å². The summed E-state index contributed by atoms with van der Waals surface area (Å²) >= 11 is 0. The highest BCUT2D eigenvalue weighted by molar-refractivity contribution is 4.83. The molecular weight excluding hydrogens is 276 g/mol. The van der Waals surface area contributed by atoms with Crippen molar-refractivity contribution in [3.8, 4) is 0 Å². The number of aliphatic hydroxyl groups is 3. The third kappa shape index (κ3) is 15.6. The molecule has 0 saturated heterocycles. The minimum Gasteiger partial charge on any atom is -0.513 e. The van der Waals surface area contributed by atoms with Gasteiger partial charge in [0, 0.05) is 6.42 Å². The average molecular weight is 312 g/mol. The summed E-state index contributed by atoms with van der Waals surface area (Å²) < 4.78 is 0. The highest BCUT2D eigenvalue weighted by Crippen LogP contribution is 2.14. The Balaban J connectivity index is 3.37. The second kappa shape index (κ2) is 15.1. The van der Waals surface area contributed by atoms with Crippen molar-refractivity contribution in [1.82, 2.24) is 0 Å². The van der Waals surface area contributed by atoms with Gasteiger partial charge in [-0.25, -0.2) is 0 Å². The van der Waals surface area contributed by atoms with Gasteiger partial charge >= 0.3 is 0 Å². The van der Waals surface area contributed by atoms with E-state index in [1.807, 2.05) is 6.08 Å². The van der Waals surface area contributed by atoms with Crippen molar-refractivity contribution in [3.63, 3.8) is 0 Å². The van der Waals surface area contributed by atoms with E-state index in [9.17, 15) is 10.2 Å². The van der Waals surface area contributed by atoms with Crippen LogP contribution in [-0.2, 0) is 0 Å². The Bertz CT molecular complexity index is 286. The van der Waals surface area contributed by atoms with E-state index in [0.29, 0.717) is 25.7 Å². The quantitative estimate of drug-likeness (QED) is 0.225. The first-order valence-corrected chi connectivity index (χ1v) is 8.94. The summed E-state index contributed by atoms with van der Waals surface area (Å²) in [5.41, 5.74) is 0. The largest absolute Gasteiger partial charge is 0.513 e. The molecular formula is C19H36O3. The lowest BCUT2D eigenvalue weighted by molar-refractivity contribution is 0.108. The summed E-state index contributed by atoms with van der Waals surface area (Å²) in [5, 5.41) is 28.6. The Morgan fingerprint density at radius 1 is 0.864 bits per heavy atom. The highest BCUT2D eigenvalue weighted by Gasteiger charge is 2.08. The average Bonchev–Trinajstić information content (AvgIpc) is 2.47. The van der Waals surface area contributed by atoms with Crippen molar-refractivity contribution in [2.75, 3.05) is 0 Å². The van der Waals surface area contributed by atoms with Crippen molar-refractivity contribution in [2.24, 2.45) is 0 Å². The van der Waals surface area contributed by atoms with Crippen molar-refractivity contribution in [1.29, 1.82) is 0 Å². The van der Waals surface area contributed by atoms with Crippen LogP contribution in [0.2, 0.25) is 0 Å². The van der Waals surface area contributed by atoms with Crippen LogP contribution in [0.5, 0.6) is 0 Å². The van der Waals surface area contributed by atoms with E-state index in [4.69, 9.17) is 5.11 Å². The summed E-state index contributed by atoms with van der Waals surface area (Å²) in [7, 11) is 0. The molecule has 0 aromatic carbocycles. The van der Waals surface area contributed by atoms with E-state index in [1.165, 1.54) is 12.8 Å². The molecule has 2 atom stereocenters. The maximum Gasteiger partial charge on any atom is 0.0851 e. The lowest BCUT2D eigenvalue weighted by Gasteiger charge is -2.13. The molecule has 22 heavy (non-hydrogen) atoms. The van der Waals surface area contributed by atoms with Crippen LogP contribution >= 0.6 is 0 Å². The molecule has 3 nitrogen and oxygen atoms in total. The van der Waals surface area contributed by atoms with Gasteiger partial charge in [-0.3, -0.25) is 0 Å². The summed E-state index contributed by atoms with van der Waals surface area (Å²) in [6, 6.07) is 0. The van der Waals surface area contributed by atoms with Crippen LogP contribution in [-0.4, -0.2) is 27.5 Å². The molecule has 0 amide bonds. The first kappa shape index (κ1) is 21.2. The zero-order chi connectivity index (χ0) is 16.6. The zero-order valence-electron chi connectivity index (χ0n) is 14.3. The van der Waals surface area contributed by atoms with Gasteiger partial charge in [0.2, 0.25) is 0 Å². The van der Waals surface area contributed by atoms with Crippen molar-refractivity contribution < 1.29 is 15.3 Å². The summed E-state index contributed by atoms with van der Waals surface area (Å²) in [5.74, 6) is 0.287. The van der Waals surface area contributed by atoms with Gasteiger partial charge in [-0.05, 0) is 38.5 Å². The van der Waals surface area contributed by atoms with E-state index in [0.717, 1.165) is 38.5 Å². The van der Waals surface area contributed by atoms with Gasteiger partial charge in [0.25, 0.3) is 0 Å². The van der Waals surface area contributed by atoms with E-state index >= 15 is 0 Å². The van der Waals surface area contributed by atoms with Crippen LogP contribution in [0, 0.1) is 0 Å². The fourth-order valence-corrected chi connectivity index (χ4v) is 2.48. The van der Waals surface area contributed by atoms with Crippen LogP contribution < -0.4 is 0 Å². The predicted octanol–water partition coefficient (Wildman–Crippen LogP) is 5.04. The molecule has 130 valence electrons. The predicted molar refractivity (Wildman–Crippen MR) is 94.0 cm³/mol. The summed E-state index contributed by atoms with van der Waals surface area (Å²) in [6.07, 6.45) is 14.9. The first-order valence-electron chi connectivity index (χ1n) is 8.94. The molecule has 0 spiro atoms. The number of rotatable bonds is 15. The number of unbranched alkanes of at least 4 members (excludes halogenated alkanes) is 5.